The fourth-order valence-electron chi connectivity index (χ4n) is 10.0. The van der Waals surface area contributed by atoms with E-state index in [-0.39, 0.29) is 6.04 Å². The lowest BCUT2D eigenvalue weighted by Gasteiger charge is -2.28. The van der Waals surface area contributed by atoms with Gasteiger partial charge in [-0.05, 0) is 110 Å². The zero-order valence-corrected chi connectivity index (χ0v) is 33.6. The number of nitrogens with one attached hydrogen (secondary N) is 1. The van der Waals surface area contributed by atoms with Gasteiger partial charge in [0.15, 0.2) is 0 Å². The summed E-state index contributed by atoms with van der Waals surface area (Å²) in [5, 5.41) is 13.5. The Morgan fingerprint density at radius 3 is 2.02 bits per heavy atom. The van der Waals surface area contributed by atoms with E-state index in [2.05, 4.69) is 216 Å². The van der Waals surface area contributed by atoms with Gasteiger partial charge in [0.2, 0.25) is 0 Å². The first kappa shape index (κ1) is 34.6. The number of furan rings is 1. The normalized spacial score (nSPS) is 13.9. The van der Waals surface area contributed by atoms with Gasteiger partial charge in [0.05, 0.1) is 22.8 Å². The Bertz CT molecular complexity index is 3780. The summed E-state index contributed by atoms with van der Waals surface area (Å²) in [6, 6.07) is 76.2. The maximum Gasteiger partial charge on any atom is 0.136 e. The number of fused-ring (bicyclic) bond motifs is 11. The number of rotatable bonds is 5. The van der Waals surface area contributed by atoms with Gasteiger partial charge in [0.25, 0.3) is 0 Å². The molecule has 0 saturated carbocycles. The van der Waals surface area contributed by atoms with Crippen LogP contribution in [0.3, 0.4) is 0 Å². The fraction of sp³-hybridized carbons (Fsp3) is 0.0172. The molecule has 1 atom stereocenters. The van der Waals surface area contributed by atoms with Gasteiger partial charge in [-0.25, -0.2) is 4.99 Å². The molecule has 4 heteroatoms. The lowest BCUT2D eigenvalue weighted by Crippen LogP contribution is -2.32. The molecule has 0 radical (unpaired) electrons. The van der Waals surface area contributed by atoms with E-state index in [0.717, 1.165) is 61.4 Å². The van der Waals surface area contributed by atoms with Crippen molar-refractivity contribution in [2.75, 3.05) is 0 Å². The van der Waals surface area contributed by atoms with E-state index in [4.69, 9.17) is 9.41 Å². The zero-order chi connectivity index (χ0) is 40.7. The average molecular weight is 792 g/mol. The van der Waals surface area contributed by atoms with Crippen molar-refractivity contribution in [1.29, 1.82) is 0 Å². The third-order valence-corrected chi connectivity index (χ3v) is 12.8. The molecule has 12 aromatic rings. The van der Waals surface area contributed by atoms with Crippen molar-refractivity contribution in [3.63, 3.8) is 0 Å². The van der Waals surface area contributed by atoms with Gasteiger partial charge in [-0.2, -0.15) is 0 Å². The molecule has 1 aliphatic heterocycles. The average Bonchev–Trinajstić information content (AvgIpc) is 3.90. The first-order valence-corrected chi connectivity index (χ1v) is 21.2. The Morgan fingerprint density at radius 1 is 0.435 bits per heavy atom. The summed E-state index contributed by atoms with van der Waals surface area (Å²) in [5.41, 5.74) is 14.3. The monoisotopic (exact) mass is 791 g/mol. The molecule has 4 nitrogen and oxygen atoms in total. The number of para-hydroxylation sites is 2. The molecule has 0 amide bonds. The van der Waals surface area contributed by atoms with Crippen LogP contribution in [0.25, 0.3) is 93.2 Å². The van der Waals surface area contributed by atoms with Gasteiger partial charge in [0, 0.05) is 38.4 Å². The third-order valence-electron chi connectivity index (χ3n) is 12.8. The summed E-state index contributed by atoms with van der Waals surface area (Å²) in [6.45, 7) is 0. The molecular weight excluding hydrogens is 755 g/mol. The molecular formula is C58H37N3O. The Morgan fingerprint density at radius 2 is 1.13 bits per heavy atom. The molecule has 13 rings (SSSR count). The molecule has 1 aliphatic rings. The molecule has 0 aliphatic carbocycles. The highest BCUT2D eigenvalue weighted by atomic mass is 16.3. The van der Waals surface area contributed by atoms with Crippen LogP contribution >= 0.6 is 0 Å². The molecule has 10 aromatic carbocycles. The second-order valence-corrected chi connectivity index (χ2v) is 16.3. The fourth-order valence-corrected chi connectivity index (χ4v) is 10.0. The SMILES string of the molecule is c1ccc(-c2cccc(C3NC(c4ccc(-n5c6ccc7ccccc7c6c6c7ccccc7c(-c7cccc8oc9ccccc9c78)cc65)cc4)=Nc4ccccc43)c2)cc1. The van der Waals surface area contributed by atoms with E-state index in [1.807, 2.05) is 6.07 Å². The third kappa shape index (κ3) is 5.30. The van der Waals surface area contributed by atoms with E-state index in [9.17, 15) is 0 Å². The van der Waals surface area contributed by atoms with Gasteiger partial charge in [-0.1, -0.05) is 152 Å². The molecule has 1 unspecified atom stereocenters. The second kappa shape index (κ2) is 13.7. The molecule has 1 N–H and O–H groups in total. The molecule has 2 aromatic heterocycles. The van der Waals surface area contributed by atoms with E-state index >= 15 is 0 Å². The minimum absolute atomic E-state index is 0.0591. The minimum Gasteiger partial charge on any atom is -0.456 e. The number of benzene rings is 10. The number of hydrogen-bond acceptors (Lipinski definition) is 3. The predicted octanol–water partition coefficient (Wildman–Crippen LogP) is 15.1. The highest BCUT2D eigenvalue weighted by Gasteiger charge is 2.26. The van der Waals surface area contributed by atoms with Gasteiger partial charge in [0.1, 0.15) is 17.0 Å². The van der Waals surface area contributed by atoms with E-state index < -0.39 is 0 Å². The standard InChI is InChI=1S/C58H37N3O/c1-2-14-36(15-3-1)39-17-12-18-40(34-39)57-46-22-8-10-25-49(46)59-58(60-57)38-28-31-41(32-29-38)61-50-33-30-37-16-4-5-19-42(37)55(50)56-44-21-7-6-20-43(44)48(35-51(56)61)45-24-13-27-53-54(45)47-23-9-11-26-52(47)62-53/h1-35,57H,(H,59,60). The van der Waals surface area contributed by atoms with Crippen LogP contribution in [0.1, 0.15) is 22.7 Å². The second-order valence-electron chi connectivity index (χ2n) is 16.3. The van der Waals surface area contributed by atoms with Crippen LogP contribution in [0.2, 0.25) is 0 Å². The quantitative estimate of drug-likeness (QED) is 0.189. The summed E-state index contributed by atoms with van der Waals surface area (Å²) < 4.78 is 8.87. The van der Waals surface area contributed by atoms with E-state index in [1.165, 1.54) is 60.1 Å². The number of amidine groups is 1. The number of hydrogen-bond donors (Lipinski definition) is 1. The zero-order valence-electron chi connectivity index (χ0n) is 33.6. The van der Waals surface area contributed by atoms with Crippen molar-refractivity contribution >= 4 is 76.8 Å². The molecule has 0 saturated heterocycles. The van der Waals surface area contributed by atoms with Crippen molar-refractivity contribution in [2.45, 2.75) is 6.04 Å². The molecule has 0 fully saturated rings. The summed E-state index contributed by atoms with van der Waals surface area (Å²) in [6.07, 6.45) is 0. The smallest absolute Gasteiger partial charge is 0.136 e. The topological polar surface area (TPSA) is 42.5 Å². The van der Waals surface area contributed by atoms with Crippen LogP contribution in [-0.4, -0.2) is 10.4 Å². The van der Waals surface area contributed by atoms with Crippen LogP contribution in [0, 0.1) is 0 Å². The van der Waals surface area contributed by atoms with Crippen molar-refractivity contribution in [1.82, 2.24) is 9.88 Å². The lowest BCUT2D eigenvalue weighted by molar-refractivity contribution is 0.669. The highest BCUT2D eigenvalue weighted by molar-refractivity contribution is 6.31. The first-order chi connectivity index (χ1) is 30.7. The van der Waals surface area contributed by atoms with Crippen LogP contribution in [0.15, 0.2) is 222 Å². The van der Waals surface area contributed by atoms with Crippen molar-refractivity contribution in [2.24, 2.45) is 4.99 Å². The van der Waals surface area contributed by atoms with Crippen molar-refractivity contribution in [3.05, 3.63) is 229 Å². The molecule has 62 heavy (non-hydrogen) atoms. The predicted molar refractivity (Wildman–Crippen MR) is 258 cm³/mol. The van der Waals surface area contributed by atoms with Crippen LogP contribution in [0.4, 0.5) is 5.69 Å². The summed E-state index contributed by atoms with van der Waals surface area (Å²) in [5.74, 6) is 0.854. The van der Waals surface area contributed by atoms with Crippen LogP contribution in [-0.2, 0) is 0 Å². The molecule has 0 bridgehead atoms. The lowest BCUT2D eigenvalue weighted by atomic mass is 9.91. The molecule has 290 valence electrons. The van der Waals surface area contributed by atoms with Crippen LogP contribution in [0.5, 0.6) is 0 Å². The Hall–Kier alpha value is -8.21. The van der Waals surface area contributed by atoms with Gasteiger partial charge >= 0.3 is 0 Å². The molecule has 0 spiro atoms. The maximum atomic E-state index is 6.42. The van der Waals surface area contributed by atoms with Crippen molar-refractivity contribution < 1.29 is 4.42 Å². The largest absolute Gasteiger partial charge is 0.456 e. The van der Waals surface area contributed by atoms with Gasteiger partial charge in [-0.15, -0.1) is 0 Å². The Labute approximate surface area is 357 Å². The highest BCUT2D eigenvalue weighted by Crippen LogP contribution is 2.46. The van der Waals surface area contributed by atoms with Crippen LogP contribution < -0.4 is 5.32 Å². The summed E-state index contributed by atoms with van der Waals surface area (Å²) in [7, 11) is 0. The van der Waals surface area contributed by atoms with E-state index in [1.54, 1.807) is 0 Å². The van der Waals surface area contributed by atoms with E-state index in [0.29, 0.717) is 0 Å². The number of nitrogens with zero attached hydrogens (tertiary/aromatic N) is 2. The molecule has 3 heterocycles. The minimum atomic E-state index is -0.0591. The summed E-state index contributed by atoms with van der Waals surface area (Å²) >= 11 is 0. The number of aromatic nitrogens is 1. The summed E-state index contributed by atoms with van der Waals surface area (Å²) in [4.78, 5) is 5.21. The Balaban J connectivity index is 0.998. The van der Waals surface area contributed by atoms with Gasteiger partial charge in [-0.3, -0.25) is 0 Å². The first-order valence-electron chi connectivity index (χ1n) is 21.2. The maximum absolute atomic E-state index is 6.42. The van der Waals surface area contributed by atoms with Gasteiger partial charge < -0.3 is 14.3 Å². The van der Waals surface area contributed by atoms with Crippen molar-refractivity contribution in [3.8, 4) is 27.9 Å². The Kier molecular flexibility index (Phi) is 7.63. The number of aliphatic imine (C=N–C) groups is 1.